The Hall–Kier alpha value is -0.610. The van der Waals surface area contributed by atoms with Crippen molar-refractivity contribution >= 4 is 5.91 Å². The van der Waals surface area contributed by atoms with E-state index >= 15 is 0 Å². The van der Waals surface area contributed by atoms with Gasteiger partial charge in [0.2, 0.25) is 5.91 Å². The van der Waals surface area contributed by atoms with E-state index in [1.54, 1.807) is 7.11 Å². The lowest BCUT2D eigenvalue weighted by Crippen LogP contribution is -2.44. The molecular weight excluding hydrogens is 204 g/mol. The van der Waals surface area contributed by atoms with Gasteiger partial charge in [-0.2, -0.15) is 0 Å². The topological polar surface area (TPSA) is 55.6 Å². The van der Waals surface area contributed by atoms with Gasteiger partial charge in [-0.15, -0.1) is 0 Å². The number of carbonyl (C=O) groups is 1. The van der Waals surface area contributed by atoms with Crippen molar-refractivity contribution in [2.45, 2.75) is 45.6 Å². The summed E-state index contributed by atoms with van der Waals surface area (Å²) in [5.74, 6) is 0.0832. The van der Waals surface area contributed by atoms with Crippen LogP contribution in [0.2, 0.25) is 0 Å². The molecule has 0 saturated carbocycles. The van der Waals surface area contributed by atoms with Crippen LogP contribution in [0.3, 0.4) is 0 Å². The smallest absolute Gasteiger partial charge is 0.239 e. The average Bonchev–Trinajstić information content (AvgIpc) is 2.28. The highest BCUT2D eigenvalue weighted by atomic mass is 16.5. The molecule has 4 heteroatoms. The van der Waals surface area contributed by atoms with Crippen LogP contribution in [-0.4, -0.2) is 43.7 Å². The number of methoxy groups -OCH3 is 1. The predicted octanol–water partition coefficient (Wildman–Crippen LogP) is 1.39. The highest BCUT2D eigenvalue weighted by Crippen LogP contribution is 2.03. The first-order valence-electron chi connectivity index (χ1n) is 6.20. The van der Waals surface area contributed by atoms with Gasteiger partial charge in [-0.3, -0.25) is 4.79 Å². The van der Waals surface area contributed by atoms with Crippen molar-refractivity contribution in [2.24, 2.45) is 5.73 Å². The zero-order chi connectivity index (χ0) is 12.4. The van der Waals surface area contributed by atoms with Gasteiger partial charge < -0.3 is 15.4 Å². The van der Waals surface area contributed by atoms with E-state index in [1.165, 1.54) is 0 Å². The summed E-state index contributed by atoms with van der Waals surface area (Å²) >= 11 is 0. The number of nitrogens with two attached hydrogens (primary N) is 1. The lowest BCUT2D eigenvalue weighted by molar-refractivity contribution is -0.132. The molecule has 0 rings (SSSR count). The number of rotatable bonds is 9. The molecule has 0 aliphatic heterocycles. The van der Waals surface area contributed by atoms with E-state index in [0.717, 1.165) is 32.4 Å². The van der Waals surface area contributed by atoms with Gasteiger partial charge in [-0.05, 0) is 25.7 Å². The van der Waals surface area contributed by atoms with Crippen LogP contribution >= 0.6 is 0 Å². The van der Waals surface area contributed by atoms with Crippen molar-refractivity contribution < 1.29 is 9.53 Å². The van der Waals surface area contributed by atoms with Crippen molar-refractivity contribution in [2.75, 3.05) is 26.8 Å². The number of ether oxygens (including phenoxy) is 1. The van der Waals surface area contributed by atoms with Crippen molar-refractivity contribution in [3.05, 3.63) is 0 Å². The van der Waals surface area contributed by atoms with Gasteiger partial charge in [0.25, 0.3) is 0 Å². The molecule has 0 aromatic carbocycles. The molecule has 1 amide bonds. The van der Waals surface area contributed by atoms with Gasteiger partial charge in [-0.25, -0.2) is 0 Å². The van der Waals surface area contributed by atoms with E-state index in [0.29, 0.717) is 13.0 Å². The summed E-state index contributed by atoms with van der Waals surface area (Å²) in [7, 11) is 1.66. The molecular formula is C12H26N2O2. The van der Waals surface area contributed by atoms with Gasteiger partial charge in [0.05, 0.1) is 6.04 Å². The number of hydrogen-bond acceptors (Lipinski definition) is 3. The lowest BCUT2D eigenvalue weighted by atomic mass is 10.1. The van der Waals surface area contributed by atoms with E-state index in [-0.39, 0.29) is 11.9 Å². The minimum absolute atomic E-state index is 0.0832. The molecule has 0 bridgehead atoms. The maximum absolute atomic E-state index is 12.0. The first-order chi connectivity index (χ1) is 7.67. The predicted molar refractivity (Wildman–Crippen MR) is 66.2 cm³/mol. The number of carbonyl (C=O) groups excluding carboxylic acids is 1. The molecule has 1 unspecified atom stereocenters. The second-order valence-electron chi connectivity index (χ2n) is 4.07. The Balaban J connectivity index is 4.03. The maximum Gasteiger partial charge on any atom is 0.239 e. The Morgan fingerprint density at radius 2 is 1.88 bits per heavy atom. The van der Waals surface area contributed by atoms with Crippen molar-refractivity contribution in [1.29, 1.82) is 0 Å². The Kier molecular flexibility index (Phi) is 9.24. The number of amides is 1. The van der Waals surface area contributed by atoms with E-state index in [9.17, 15) is 4.79 Å². The quantitative estimate of drug-likeness (QED) is 0.609. The van der Waals surface area contributed by atoms with Gasteiger partial charge in [-0.1, -0.05) is 13.8 Å². The molecule has 4 nitrogen and oxygen atoms in total. The Bertz CT molecular complexity index is 180. The first kappa shape index (κ1) is 15.4. The van der Waals surface area contributed by atoms with Gasteiger partial charge in [0.1, 0.15) is 0 Å². The fraction of sp³-hybridized carbons (Fsp3) is 0.917. The summed E-state index contributed by atoms with van der Waals surface area (Å²) in [6, 6.07) is -0.367. The summed E-state index contributed by atoms with van der Waals surface area (Å²) < 4.78 is 4.95. The molecule has 0 aromatic rings. The van der Waals surface area contributed by atoms with Crippen molar-refractivity contribution in [3.8, 4) is 0 Å². The number of nitrogens with zero attached hydrogens (tertiary/aromatic N) is 1. The highest BCUT2D eigenvalue weighted by molar-refractivity contribution is 5.81. The van der Waals surface area contributed by atoms with Crippen LogP contribution in [0.15, 0.2) is 0 Å². The summed E-state index contributed by atoms with van der Waals surface area (Å²) in [5.41, 5.74) is 5.87. The van der Waals surface area contributed by atoms with E-state index in [1.807, 2.05) is 4.90 Å². The monoisotopic (exact) mass is 230 g/mol. The molecule has 0 heterocycles. The maximum atomic E-state index is 12.0. The Labute approximate surface area is 99.1 Å². The fourth-order valence-electron chi connectivity index (χ4n) is 1.68. The molecule has 0 aliphatic carbocycles. The third-order valence-corrected chi connectivity index (χ3v) is 2.48. The van der Waals surface area contributed by atoms with Crippen molar-refractivity contribution in [3.63, 3.8) is 0 Å². The summed E-state index contributed by atoms with van der Waals surface area (Å²) in [5, 5.41) is 0. The van der Waals surface area contributed by atoms with Gasteiger partial charge in [0, 0.05) is 26.8 Å². The average molecular weight is 230 g/mol. The zero-order valence-corrected chi connectivity index (χ0v) is 10.9. The molecule has 0 spiro atoms. The van der Waals surface area contributed by atoms with Gasteiger partial charge in [0.15, 0.2) is 0 Å². The third kappa shape index (κ3) is 6.08. The largest absolute Gasteiger partial charge is 0.385 e. The van der Waals surface area contributed by atoms with Crippen LogP contribution in [0.5, 0.6) is 0 Å². The van der Waals surface area contributed by atoms with Crippen LogP contribution in [-0.2, 0) is 9.53 Å². The van der Waals surface area contributed by atoms with E-state index in [4.69, 9.17) is 10.5 Å². The van der Waals surface area contributed by atoms with Gasteiger partial charge >= 0.3 is 0 Å². The van der Waals surface area contributed by atoms with Crippen LogP contribution in [0.4, 0.5) is 0 Å². The number of hydrogen-bond donors (Lipinski definition) is 1. The van der Waals surface area contributed by atoms with Crippen LogP contribution < -0.4 is 5.73 Å². The second kappa shape index (κ2) is 9.60. The lowest BCUT2D eigenvalue weighted by Gasteiger charge is -2.24. The molecule has 0 aliphatic rings. The minimum Gasteiger partial charge on any atom is -0.385 e. The van der Waals surface area contributed by atoms with E-state index < -0.39 is 0 Å². The normalized spacial score (nSPS) is 12.5. The van der Waals surface area contributed by atoms with Crippen LogP contribution in [0.25, 0.3) is 0 Å². The van der Waals surface area contributed by atoms with E-state index in [2.05, 4.69) is 13.8 Å². The fourth-order valence-corrected chi connectivity index (χ4v) is 1.68. The third-order valence-electron chi connectivity index (χ3n) is 2.48. The SMILES string of the molecule is CCCN(CCC)C(=O)C(N)CCCOC. The molecule has 0 fully saturated rings. The molecule has 0 aromatic heterocycles. The minimum atomic E-state index is -0.367. The zero-order valence-electron chi connectivity index (χ0n) is 10.9. The molecule has 1 atom stereocenters. The molecule has 2 N–H and O–H groups in total. The Morgan fingerprint density at radius 3 is 2.31 bits per heavy atom. The molecule has 96 valence electrons. The second-order valence-corrected chi connectivity index (χ2v) is 4.07. The Morgan fingerprint density at radius 1 is 1.31 bits per heavy atom. The first-order valence-corrected chi connectivity index (χ1v) is 6.20. The van der Waals surface area contributed by atoms with Crippen LogP contribution in [0.1, 0.15) is 39.5 Å². The van der Waals surface area contributed by atoms with Crippen LogP contribution in [0, 0.1) is 0 Å². The molecule has 0 radical (unpaired) electrons. The summed E-state index contributed by atoms with van der Waals surface area (Å²) in [6.07, 6.45) is 3.51. The molecule has 0 saturated heterocycles. The summed E-state index contributed by atoms with van der Waals surface area (Å²) in [4.78, 5) is 13.8. The standard InChI is InChI=1S/C12H26N2O2/c1-4-8-14(9-5-2)12(15)11(13)7-6-10-16-3/h11H,4-10,13H2,1-3H3. The summed E-state index contributed by atoms with van der Waals surface area (Å²) in [6.45, 7) is 6.44. The highest BCUT2D eigenvalue weighted by Gasteiger charge is 2.19. The molecule has 16 heavy (non-hydrogen) atoms. The van der Waals surface area contributed by atoms with Crippen molar-refractivity contribution in [1.82, 2.24) is 4.90 Å².